The highest BCUT2D eigenvalue weighted by atomic mass is 16.5. The van der Waals surface area contributed by atoms with E-state index in [2.05, 4.69) is 48.6 Å². The van der Waals surface area contributed by atoms with Gasteiger partial charge in [-0.3, -0.25) is 0 Å². The van der Waals surface area contributed by atoms with Crippen molar-refractivity contribution >= 4 is 0 Å². The summed E-state index contributed by atoms with van der Waals surface area (Å²) in [6.07, 6.45) is 0.441. The Labute approximate surface area is 139 Å². The first-order valence-corrected chi connectivity index (χ1v) is 8.20. The van der Waals surface area contributed by atoms with Gasteiger partial charge in [-0.2, -0.15) is 0 Å². The summed E-state index contributed by atoms with van der Waals surface area (Å²) in [5.74, 6) is 1.17. The van der Waals surface area contributed by atoms with Gasteiger partial charge in [0.2, 0.25) is 0 Å². The third-order valence-corrected chi connectivity index (χ3v) is 4.16. The second-order valence-corrected chi connectivity index (χ2v) is 6.10. The maximum Gasteiger partial charge on any atom is 0.119 e. The van der Waals surface area contributed by atoms with Gasteiger partial charge >= 0.3 is 0 Å². The van der Waals surface area contributed by atoms with Gasteiger partial charge < -0.3 is 15.2 Å². The molecule has 0 aliphatic rings. The van der Waals surface area contributed by atoms with Crippen molar-refractivity contribution in [2.75, 3.05) is 13.7 Å². The first-order chi connectivity index (χ1) is 11.1. The molecule has 0 fully saturated rings. The molecule has 124 valence electrons. The molecule has 2 N–H and O–H groups in total. The fourth-order valence-corrected chi connectivity index (χ4v) is 2.82. The van der Waals surface area contributed by atoms with Gasteiger partial charge in [0.05, 0.1) is 13.2 Å². The predicted molar refractivity (Wildman–Crippen MR) is 94.9 cm³/mol. The van der Waals surface area contributed by atoms with Crippen LogP contribution >= 0.6 is 0 Å². The normalized spacial score (nSPS) is 15.0. The van der Waals surface area contributed by atoms with Crippen LogP contribution in [0.15, 0.2) is 54.6 Å². The molecule has 0 aromatic heterocycles. The molecule has 0 spiro atoms. The van der Waals surface area contributed by atoms with Gasteiger partial charge in [-0.05, 0) is 49.4 Å². The molecule has 0 aliphatic carbocycles. The van der Waals surface area contributed by atoms with E-state index in [-0.39, 0.29) is 12.1 Å². The van der Waals surface area contributed by atoms with E-state index < -0.39 is 0 Å². The summed E-state index contributed by atoms with van der Waals surface area (Å²) in [5.41, 5.74) is 2.46. The molecule has 2 aromatic carbocycles. The zero-order valence-electron chi connectivity index (χ0n) is 14.2. The average molecular weight is 313 g/mol. The Morgan fingerprint density at radius 3 is 2.35 bits per heavy atom. The fraction of sp³-hybridized carbons (Fsp3) is 0.400. The molecule has 2 aromatic rings. The van der Waals surface area contributed by atoms with E-state index >= 15 is 0 Å². The van der Waals surface area contributed by atoms with Crippen molar-refractivity contribution in [1.82, 2.24) is 5.32 Å². The maximum atomic E-state index is 9.79. The second-order valence-electron chi connectivity index (χ2n) is 6.10. The number of hydrogen-bond acceptors (Lipinski definition) is 3. The summed E-state index contributed by atoms with van der Waals surface area (Å²) < 4.78 is 5.29. The van der Waals surface area contributed by atoms with Gasteiger partial charge in [0.15, 0.2) is 0 Å². The molecule has 2 rings (SSSR count). The minimum Gasteiger partial charge on any atom is -0.497 e. The van der Waals surface area contributed by atoms with Crippen molar-refractivity contribution in [1.29, 1.82) is 0 Å². The van der Waals surface area contributed by atoms with Crippen LogP contribution in [0, 0.1) is 0 Å². The monoisotopic (exact) mass is 313 g/mol. The lowest BCUT2D eigenvalue weighted by Gasteiger charge is -2.23. The number of methoxy groups -OCH3 is 1. The number of nitrogens with one attached hydrogen (secondary N) is 1. The molecular weight excluding hydrogens is 286 g/mol. The number of ether oxygens (including phenoxy) is 1. The lowest BCUT2D eigenvalue weighted by molar-refractivity contribution is 0.173. The summed E-state index contributed by atoms with van der Waals surface area (Å²) >= 11 is 0. The van der Waals surface area contributed by atoms with Crippen molar-refractivity contribution < 1.29 is 9.84 Å². The van der Waals surface area contributed by atoms with E-state index in [4.69, 9.17) is 4.74 Å². The van der Waals surface area contributed by atoms with Crippen LogP contribution in [0.5, 0.6) is 5.75 Å². The Bertz CT molecular complexity index is 583. The van der Waals surface area contributed by atoms with Gasteiger partial charge in [-0.1, -0.05) is 42.5 Å². The minimum absolute atomic E-state index is 0.227. The Morgan fingerprint density at radius 1 is 1.00 bits per heavy atom. The molecule has 0 aliphatic heterocycles. The summed E-state index contributed by atoms with van der Waals surface area (Å²) in [7, 11) is 1.69. The summed E-state index contributed by atoms with van der Waals surface area (Å²) in [4.78, 5) is 0. The molecule has 23 heavy (non-hydrogen) atoms. The zero-order chi connectivity index (χ0) is 16.7. The molecule has 0 radical (unpaired) electrons. The molecule has 0 amide bonds. The highest BCUT2D eigenvalue weighted by molar-refractivity contribution is 5.30. The second kappa shape index (κ2) is 8.70. The van der Waals surface area contributed by atoms with Crippen LogP contribution < -0.4 is 10.1 Å². The maximum absolute atomic E-state index is 9.79. The van der Waals surface area contributed by atoms with E-state index in [0.29, 0.717) is 5.92 Å². The minimum atomic E-state index is -0.311. The largest absolute Gasteiger partial charge is 0.497 e. The van der Waals surface area contributed by atoms with Gasteiger partial charge in [-0.25, -0.2) is 0 Å². The summed E-state index contributed by atoms with van der Waals surface area (Å²) in [6, 6.07) is 18.7. The Morgan fingerprint density at radius 2 is 1.70 bits per heavy atom. The first-order valence-electron chi connectivity index (χ1n) is 8.20. The van der Waals surface area contributed by atoms with Gasteiger partial charge in [0.25, 0.3) is 0 Å². The van der Waals surface area contributed by atoms with Crippen molar-refractivity contribution in [3.8, 4) is 5.75 Å². The summed E-state index contributed by atoms with van der Waals surface area (Å²) in [6.45, 7) is 4.83. The number of aliphatic hydroxyl groups excluding tert-OH is 1. The highest BCUT2D eigenvalue weighted by Crippen LogP contribution is 2.23. The van der Waals surface area contributed by atoms with E-state index in [1.807, 2.05) is 25.1 Å². The van der Waals surface area contributed by atoms with Crippen LogP contribution in [0.4, 0.5) is 0 Å². The fourth-order valence-electron chi connectivity index (χ4n) is 2.82. The molecule has 0 saturated carbocycles. The number of benzene rings is 2. The molecule has 3 atom stereocenters. The van der Waals surface area contributed by atoms with E-state index in [9.17, 15) is 5.11 Å². The molecule has 0 heterocycles. The van der Waals surface area contributed by atoms with Crippen LogP contribution in [-0.2, 0) is 0 Å². The number of rotatable bonds is 8. The number of aliphatic hydroxyl groups is 1. The molecule has 0 saturated heterocycles. The SMILES string of the molecule is COc1cccc(C(C)NCC(CC(C)O)c2ccccc2)c1. The lowest BCUT2D eigenvalue weighted by Crippen LogP contribution is -2.26. The standard InChI is InChI=1S/C20H27NO2/c1-15(22)12-19(17-8-5-4-6-9-17)14-21-16(2)18-10-7-11-20(13-18)23-3/h4-11,13,15-16,19,21-22H,12,14H2,1-3H3. The molecule has 3 heteroatoms. The Hall–Kier alpha value is -1.84. The van der Waals surface area contributed by atoms with E-state index in [0.717, 1.165) is 18.7 Å². The van der Waals surface area contributed by atoms with Crippen LogP contribution in [0.1, 0.15) is 43.4 Å². The third kappa shape index (κ3) is 5.38. The first kappa shape index (κ1) is 17.5. The van der Waals surface area contributed by atoms with Crippen LogP contribution in [0.3, 0.4) is 0 Å². The van der Waals surface area contributed by atoms with E-state index in [1.54, 1.807) is 7.11 Å². The van der Waals surface area contributed by atoms with Crippen molar-refractivity contribution in [3.05, 3.63) is 65.7 Å². The number of hydrogen-bond donors (Lipinski definition) is 2. The van der Waals surface area contributed by atoms with Gasteiger partial charge in [0.1, 0.15) is 5.75 Å². The lowest BCUT2D eigenvalue weighted by atomic mass is 9.93. The van der Waals surface area contributed by atoms with Gasteiger partial charge in [-0.15, -0.1) is 0 Å². The average Bonchev–Trinajstić information content (AvgIpc) is 2.58. The van der Waals surface area contributed by atoms with Gasteiger partial charge in [0, 0.05) is 12.6 Å². The van der Waals surface area contributed by atoms with Crippen molar-refractivity contribution in [2.24, 2.45) is 0 Å². The molecular formula is C20H27NO2. The van der Waals surface area contributed by atoms with Crippen LogP contribution in [0.25, 0.3) is 0 Å². The van der Waals surface area contributed by atoms with Crippen LogP contribution in [-0.4, -0.2) is 24.9 Å². The summed E-state index contributed by atoms with van der Waals surface area (Å²) in [5, 5.41) is 13.4. The Kier molecular flexibility index (Phi) is 6.63. The smallest absolute Gasteiger partial charge is 0.119 e. The van der Waals surface area contributed by atoms with E-state index in [1.165, 1.54) is 11.1 Å². The third-order valence-electron chi connectivity index (χ3n) is 4.16. The Balaban J connectivity index is 2.02. The predicted octanol–water partition coefficient (Wildman–Crippen LogP) is 3.90. The van der Waals surface area contributed by atoms with Crippen LogP contribution in [0.2, 0.25) is 0 Å². The van der Waals surface area contributed by atoms with Crippen molar-refractivity contribution in [2.45, 2.75) is 38.3 Å². The highest BCUT2D eigenvalue weighted by Gasteiger charge is 2.16. The topological polar surface area (TPSA) is 41.5 Å². The van der Waals surface area contributed by atoms with Crippen molar-refractivity contribution in [3.63, 3.8) is 0 Å². The molecule has 3 nitrogen and oxygen atoms in total. The quantitative estimate of drug-likeness (QED) is 0.776. The molecule has 0 bridgehead atoms. The molecule has 3 unspecified atom stereocenters. The zero-order valence-corrected chi connectivity index (χ0v) is 14.2.